The molecule has 0 aliphatic rings. The Morgan fingerprint density at radius 1 is 1.31 bits per heavy atom. The molecule has 4 rings (SSSR count). The molecule has 6 nitrogen and oxygen atoms in total. The molecule has 0 radical (unpaired) electrons. The number of amides is 1. The number of carbonyl (C=O) groups excluding carboxylic acids is 1. The van der Waals surface area contributed by atoms with E-state index in [-0.39, 0.29) is 23.8 Å². The number of thioether (sulfide) groups is 1. The number of benzene rings is 1. The molecule has 4 aromatic rings. The number of para-hydroxylation sites is 1. The van der Waals surface area contributed by atoms with Gasteiger partial charge in [0.05, 0.1) is 34.7 Å². The van der Waals surface area contributed by atoms with E-state index >= 15 is 0 Å². The molecule has 1 aromatic carbocycles. The third kappa shape index (κ3) is 4.39. The van der Waals surface area contributed by atoms with E-state index in [0.29, 0.717) is 31.8 Å². The van der Waals surface area contributed by atoms with Gasteiger partial charge in [0.25, 0.3) is 5.56 Å². The topological polar surface area (TPSA) is 77.1 Å². The van der Waals surface area contributed by atoms with Crippen LogP contribution in [-0.2, 0) is 11.3 Å². The number of aromatic nitrogens is 2. The molecule has 0 fully saturated rings. The van der Waals surface area contributed by atoms with Crippen molar-refractivity contribution in [1.29, 1.82) is 0 Å². The van der Waals surface area contributed by atoms with Crippen LogP contribution in [-0.4, -0.2) is 21.2 Å². The Morgan fingerprint density at radius 3 is 2.90 bits per heavy atom. The zero-order chi connectivity index (χ0) is 20.4. The van der Waals surface area contributed by atoms with Crippen molar-refractivity contribution >= 4 is 56.5 Å². The summed E-state index contributed by atoms with van der Waals surface area (Å²) in [5.41, 5.74) is 0.398. The van der Waals surface area contributed by atoms with Crippen LogP contribution in [0.25, 0.3) is 10.2 Å². The van der Waals surface area contributed by atoms with Crippen LogP contribution in [0.4, 0.5) is 5.69 Å². The highest BCUT2D eigenvalue weighted by Gasteiger charge is 2.16. The quantitative estimate of drug-likeness (QED) is 0.341. The van der Waals surface area contributed by atoms with Gasteiger partial charge in [-0.2, -0.15) is 0 Å². The number of aryl methyl sites for hydroxylation is 1. The van der Waals surface area contributed by atoms with E-state index in [1.165, 1.54) is 23.1 Å². The van der Waals surface area contributed by atoms with E-state index in [1.54, 1.807) is 47.2 Å². The Kier molecular flexibility index (Phi) is 5.75. The molecule has 1 N–H and O–H groups in total. The molecule has 0 atom stereocenters. The van der Waals surface area contributed by atoms with Crippen LogP contribution in [0.2, 0.25) is 5.02 Å². The minimum Gasteiger partial charge on any atom is -0.467 e. The van der Waals surface area contributed by atoms with E-state index in [4.69, 9.17) is 16.0 Å². The van der Waals surface area contributed by atoms with E-state index in [1.807, 2.05) is 13.0 Å². The molecule has 29 heavy (non-hydrogen) atoms. The number of furan rings is 1. The molecule has 0 bridgehead atoms. The first kappa shape index (κ1) is 19.8. The number of nitrogens with one attached hydrogen (secondary N) is 1. The predicted molar refractivity (Wildman–Crippen MR) is 117 cm³/mol. The lowest BCUT2D eigenvalue weighted by Crippen LogP contribution is -2.24. The van der Waals surface area contributed by atoms with Crippen molar-refractivity contribution in [2.45, 2.75) is 18.6 Å². The Bertz CT molecular complexity index is 1230. The fourth-order valence-electron chi connectivity index (χ4n) is 2.80. The average molecular weight is 446 g/mol. The van der Waals surface area contributed by atoms with Crippen LogP contribution in [0.3, 0.4) is 0 Å². The molecule has 0 unspecified atom stereocenters. The standard InChI is InChI=1S/C20H16ClN3O3S2/c1-12-9-14-18(29-12)23-20(24(19(14)26)10-13-5-4-8-27-13)28-11-17(25)22-16-7-3-2-6-15(16)21/h2-9H,10-11H2,1H3,(H,22,25). The molecular formula is C20H16ClN3O3S2. The molecule has 3 heterocycles. The largest absolute Gasteiger partial charge is 0.467 e. The number of anilines is 1. The number of nitrogens with zero attached hydrogens (tertiary/aromatic N) is 2. The first-order chi connectivity index (χ1) is 14.0. The van der Waals surface area contributed by atoms with Crippen molar-refractivity contribution in [3.63, 3.8) is 0 Å². The summed E-state index contributed by atoms with van der Waals surface area (Å²) in [6.07, 6.45) is 1.56. The second kappa shape index (κ2) is 8.44. The zero-order valence-corrected chi connectivity index (χ0v) is 17.7. The van der Waals surface area contributed by atoms with Gasteiger partial charge >= 0.3 is 0 Å². The molecule has 0 saturated carbocycles. The van der Waals surface area contributed by atoms with Gasteiger partial charge in [-0.3, -0.25) is 14.2 Å². The highest BCUT2D eigenvalue weighted by atomic mass is 35.5. The zero-order valence-electron chi connectivity index (χ0n) is 15.3. The maximum Gasteiger partial charge on any atom is 0.263 e. The minimum atomic E-state index is -0.232. The lowest BCUT2D eigenvalue weighted by molar-refractivity contribution is -0.113. The smallest absolute Gasteiger partial charge is 0.263 e. The summed E-state index contributed by atoms with van der Waals surface area (Å²) in [7, 11) is 0. The average Bonchev–Trinajstić information content (AvgIpc) is 3.33. The second-order valence-corrected chi connectivity index (χ2v) is 8.84. The number of thiophene rings is 1. The Labute approximate surface area is 179 Å². The van der Waals surface area contributed by atoms with Gasteiger partial charge in [-0.05, 0) is 37.3 Å². The van der Waals surface area contributed by atoms with Crippen molar-refractivity contribution < 1.29 is 9.21 Å². The minimum absolute atomic E-state index is 0.0890. The first-order valence-corrected chi connectivity index (χ1v) is 10.9. The highest BCUT2D eigenvalue weighted by Crippen LogP contribution is 2.25. The summed E-state index contributed by atoms with van der Waals surface area (Å²) in [4.78, 5) is 31.7. The van der Waals surface area contributed by atoms with Gasteiger partial charge in [0, 0.05) is 4.88 Å². The van der Waals surface area contributed by atoms with Gasteiger partial charge < -0.3 is 9.73 Å². The summed E-state index contributed by atoms with van der Waals surface area (Å²) in [6.45, 7) is 2.19. The van der Waals surface area contributed by atoms with Gasteiger partial charge in [-0.1, -0.05) is 35.5 Å². The first-order valence-electron chi connectivity index (χ1n) is 8.72. The number of rotatable bonds is 6. The van der Waals surface area contributed by atoms with Crippen molar-refractivity contribution in [2.24, 2.45) is 0 Å². The van der Waals surface area contributed by atoms with Crippen LogP contribution in [0.15, 0.2) is 63.1 Å². The predicted octanol–water partition coefficient (Wildman–Crippen LogP) is 4.79. The van der Waals surface area contributed by atoms with Crippen LogP contribution >= 0.6 is 34.7 Å². The summed E-state index contributed by atoms with van der Waals surface area (Å²) < 4.78 is 6.94. The van der Waals surface area contributed by atoms with Crippen LogP contribution < -0.4 is 10.9 Å². The van der Waals surface area contributed by atoms with E-state index in [9.17, 15) is 9.59 Å². The molecule has 9 heteroatoms. The van der Waals surface area contributed by atoms with Crippen LogP contribution in [0.1, 0.15) is 10.6 Å². The molecule has 3 aromatic heterocycles. The Balaban J connectivity index is 1.60. The van der Waals surface area contributed by atoms with Crippen molar-refractivity contribution in [3.05, 3.63) is 74.7 Å². The maximum absolute atomic E-state index is 13.0. The number of carbonyl (C=O) groups is 1. The summed E-state index contributed by atoms with van der Waals surface area (Å²) >= 11 is 8.75. The van der Waals surface area contributed by atoms with Crippen LogP contribution in [0.5, 0.6) is 0 Å². The number of halogens is 1. The normalized spacial score (nSPS) is 11.1. The molecule has 0 aliphatic heterocycles. The van der Waals surface area contributed by atoms with Crippen molar-refractivity contribution in [1.82, 2.24) is 9.55 Å². The molecule has 0 spiro atoms. The monoisotopic (exact) mass is 445 g/mol. The number of fused-ring (bicyclic) bond motifs is 1. The van der Waals surface area contributed by atoms with Crippen molar-refractivity contribution in [3.8, 4) is 0 Å². The maximum atomic E-state index is 13.0. The molecule has 1 amide bonds. The van der Waals surface area contributed by atoms with E-state index < -0.39 is 0 Å². The molecular weight excluding hydrogens is 430 g/mol. The van der Waals surface area contributed by atoms with E-state index in [0.717, 1.165) is 4.88 Å². The fraction of sp³-hybridized carbons (Fsp3) is 0.150. The lowest BCUT2D eigenvalue weighted by Gasteiger charge is -2.11. The van der Waals surface area contributed by atoms with Gasteiger partial charge in [-0.15, -0.1) is 11.3 Å². The van der Waals surface area contributed by atoms with Gasteiger partial charge in [0.2, 0.25) is 5.91 Å². The fourth-order valence-corrected chi connectivity index (χ4v) is 4.71. The third-order valence-corrected chi connectivity index (χ3v) is 6.36. The van der Waals surface area contributed by atoms with Gasteiger partial charge in [-0.25, -0.2) is 4.98 Å². The van der Waals surface area contributed by atoms with Gasteiger partial charge in [0.15, 0.2) is 5.16 Å². The molecule has 148 valence electrons. The summed E-state index contributed by atoms with van der Waals surface area (Å²) in [6, 6.07) is 12.4. The number of hydrogen-bond acceptors (Lipinski definition) is 6. The SMILES string of the molecule is Cc1cc2c(=O)n(Cc3ccco3)c(SCC(=O)Nc3ccccc3Cl)nc2s1. The number of hydrogen-bond donors (Lipinski definition) is 1. The van der Waals surface area contributed by atoms with Crippen molar-refractivity contribution in [2.75, 3.05) is 11.1 Å². The Morgan fingerprint density at radius 2 is 2.14 bits per heavy atom. The highest BCUT2D eigenvalue weighted by molar-refractivity contribution is 7.99. The molecule has 0 aliphatic carbocycles. The molecule has 0 saturated heterocycles. The lowest BCUT2D eigenvalue weighted by atomic mass is 10.3. The third-order valence-electron chi connectivity index (χ3n) is 4.11. The summed E-state index contributed by atoms with van der Waals surface area (Å²) in [5.74, 6) is 0.498. The second-order valence-electron chi connectivity index (χ2n) is 6.26. The van der Waals surface area contributed by atoms with Crippen LogP contribution in [0, 0.1) is 6.92 Å². The van der Waals surface area contributed by atoms with E-state index in [2.05, 4.69) is 10.3 Å². The summed E-state index contributed by atoms with van der Waals surface area (Å²) in [5, 5.41) is 4.29. The van der Waals surface area contributed by atoms with Gasteiger partial charge in [0.1, 0.15) is 10.6 Å². The Hall–Kier alpha value is -2.55.